The van der Waals surface area contributed by atoms with E-state index in [4.69, 9.17) is 0 Å². The van der Waals surface area contributed by atoms with Gasteiger partial charge < -0.3 is 0 Å². The molecule has 55 heavy (non-hydrogen) atoms. The van der Waals surface area contributed by atoms with E-state index >= 15 is 0 Å². The Balaban J connectivity index is 1.25. The summed E-state index contributed by atoms with van der Waals surface area (Å²) < 4.78 is 0. The summed E-state index contributed by atoms with van der Waals surface area (Å²) in [7, 11) is 0. The molecule has 0 N–H and O–H groups in total. The van der Waals surface area contributed by atoms with Gasteiger partial charge in [-0.15, -0.1) is 0 Å². The predicted molar refractivity (Wildman–Crippen MR) is 236 cm³/mol. The first-order chi connectivity index (χ1) is 27.1. The van der Waals surface area contributed by atoms with E-state index in [0.29, 0.717) is 0 Å². The lowest BCUT2D eigenvalue weighted by Gasteiger charge is -2.23. The third-order valence-electron chi connectivity index (χ3n) is 12.3. The smallest absolute Gasteiger partial charge is 0.0159 e. The highest BCUT2D eigenvalue weighted by Crippen LogP contribution is 2.52. The molecule has 0 saturated heterocycles. The van der Waals surface area contributed by atoms with Gasteiger partial charge in [0.1, 0.15) is 0 Å². The molecule has 0 aliphatic heterocycles. The highest BCUT2D eigenvalue weighted by atomic mass is 14.4. The fourth-order valence-corrected chi connectivity index (χ4v) is 9.68. The van der Waals surface area contributed by atoms with Crippen LogP contribution in [-0.4, -0.2) is 0 Å². The van der Waals surface area contributed by atoms with Crippen molar-refractivity contribution in [3.8, 4) is 55.6 Å². The summed E-state index contributed by atoms with van der Waals surface area (Å²) in [5.41, 5.74) is 15.4. The van der Waals surface area contributed by atoms with Crippen molar-refractivity contribution < 1.29 is 0 Å². The average Bonchev–Trinajstić information content (AvgIpc) is 3.47. The van der Waals surface area contributed by atoms with Crippen molar-refractivity contribution in [3.05, 3.63) is 205 Å². The summed E-state index contributed by atoms with van der Waals surface area (Å²) in [5, 5.41) is 10.1. The highest BCUT2D eigenvalue weighted by molar-refractivity contribution is 6.23. The van der Waals surface area contributed by atoms with Crippen LogP contribution in [0.3, 0.4) is 0 Å². The van der Waals surface area contributed by atoms with Gasteiger partial charge in [-0.1, -0.05) is 196 Å². The number of rotatable bonds is 4. The molecule has 0 radical (unpaired) electrons. The van der Waals surface area contributed by atoms with Crippen molar-refractivity contribution in [1.82, 2.24) is 0 Å². The fourth-order valence-electron chi connectivity index (χ4n) is 9.68. The maximum absolute atomic E-state index is 2.49. The first-order valence-corrected chi connectivity index (χ1v) is 19.4. The standard InChI is InChI=1S/C55H38/c1-55(2)51-28-12-11-22-44(51)45-31-30-38(34-52(45)55)53-47-24-9-10-25-48(47)54(46-23-8-7-21-43(46)42-27-14-18-36-16-4-6-20-40(36)42)49-32-29-37(33-50(49)53)41-26-13-17-35-15-3-5-19-39(35)41/h3-34H,1-2H3. The van der Waals surface area contributed by atoms with Crippen LogP contribution in [0.25, 0.3) is 98.7 Å². The molecule has 0 unspecified atom stereocenters. The lowest BCUT2D eigenvalue weighted by atomic mass is 9.79. The molecule has 0 aromatic heterocycles. The van der Waals surface area contributed by atoms with E-state index in [9.17, 15) is 0 Å². The molecule has 10 aromatic carbocycles. The molecule has 0 fully saturated rings. The summed E-state index contributed by atoms with van der Waals surface area (Å²) in [6.07, 6.45) is 0. The van der Waals surface area contributed by atoms with Crippen molar-refractivity contribution in [2.24, 2.45) is 0 Å². The third-order valence-corrected chi connectivity index (χ3v) is 12.3. The van der Waals surface area contributed by atoms with Gasteiger partial charge in [-0.25, -0.2) is 0 Å². The van der Waals surface area contributed by atoms with Gasteiger partial charge in [0.15, 0.2) is 0 Å². The summed E-state index contributed by atoms with van der Waals surface area (Å²) in [4.78, 5) is 0. The molecule has 0 heteroatoms. The molecule has 10 aromatic rings. The Morgan fingerprint density at radius 1 is 0.273 bits per heavy atom. The molecule has 0 atom stereocenters. The molecule has 0 saturated carbocycles. The van der Waals surface area contributed by atoms with E-state index < -0.39 is 0 Å². The molecule has 11 rings (SSSR count). The normalized spacial score (nSPS) is 13.1. The van der Waals surface area contributed by atoms with E-state index in [1.807, 2.05) is 0 Å². The zero-order chi connectivity index (χ0) is 36.7. The van der Waals surface area contributed by atoms with Gasteiger partial charge in [-0.2, -0.15) is 0 Å². The van der Waals surface area contributed by atoms with Crippen molar-refractivity contribution in [2.45, 2.75) is 19.3 Å². The summed E-state index contributed by atoms with van der Waals surface area (Å²) in [6, 6.07) is 72.3. The second-order valence-corrected chi connectivity index (χ2v) is 15.6. The largest absolute Gasteiger partial charge is 0.0619 e. The monoisotopic (exact) mass is 698 g/mol. The van der Waals surface area contributed by atoms with Gasteiger partial charge >= 0.3 is 0 Å². The number of benzene rings is 10. The van der Waals surface area contributed by atoms with Crippen LogP contribution in [0, 0.1) is 0 Å². The first kappa shape index (κ1) is 31.7. The van der Waals surface area contributed by atoms with E-state index in [1.165, 1.54) is 110 Å². The van der Waals surface area contributed by atoms with Crippen LogP contribution in [0.4, 0.5) is 0 Å². The van der Waals surface area contributed by atoms with Gasteiger partial charge in [-0.05, 0) is 122 Å². The van der Waals surface area contributed by atoms with Crippen LogP contribution < -0.4 is 0 Å². The quantitative estimate of drug-likeness (QED) is 0.161. The van der Waals surface area contributed by atoms with E-state index in [-0.39, 0.29) is 5.41 Å². The minimum absolute atomic E-state index is 0.0982. The molecule has 0 nitrogen and oxygen atoms in total. The van der Waals surface area contributed by atoms with Crippen molar-refractivity contribution in [3.63, 3.8) is 0 Å². The minimum Gasteiger partial charge on any atom is -0.0619 e. The molecule has 0 amide bonds. The zero-order valence-electron chi connectivity index (χ0n) is 31.0. The molecule has 1 aliphatic rings. The Morgan fingerprint density at radius 3 is 1.51 bits per heavy atom. The fraction of sp³-hybridized carbons (Fsp3) is 0.0545. The highest BCUT2D eigenvalue weighted by Gasteiger charge is 2.35. The average molecular weight is 699 g/mol. The van der Waals surface area contributed by atoms with Crippen LogP contribution in [-0.2, 0) is 5.41 Å². The molecule has 258 valence electrons. The maximum Gasteiger partial charge on any atom is 0.0159 e. The maximum atomic E-state index is 2.49. The van der Waals surface area contributed by atoms with Crippen LogP contribution in [0.2, 0.25) is 0 Å². The Kier molecular flexibility index (Phi) is 7.00. The van der Waals surface area contributed by atoms with Crippen LogP contribution in [0.15, 0.2) is 194 Å². The van der Waals surface area contributed by atoms with E-state index in [0.717, 1.165) is 0 Å². The van der Waals surface area contributed by atoms with Gasteiger partial charge in [0.05, 0.1) is 0 Å². The van der Waals surface area contributed by atoms with E-state index in [2.05, 4.69) is 208 Å². The molecule has 0 spiro atoms. The number of fused-ring (bicyclic) bond motifs is 7. The second kappa shape index (κ2) is 12.1. The molecule has 0 heterocycles. The van der Waals surface area contributed by atoms with Gasteiger partial charge in [-0.3, -0.25) is 0 Å². The second-order valence-electron chi connectivity index (χ2n) is 15.6. The summed E-state index contributed by atoms with van der Waals surface area (Å²) in [5.74, 6) is 0. The molecule has 1 aliphatic carbocycles. The minimum atomic E-state index is -0.0982. The third kappa shape index (κ3) is 4.78. The molecule has 0 bridgehead atoms. The number of hydrogen-bond acceptors (Lipinski definition) is 0. The Labute approximate surface area is 322 Å². The Hall–Kier alpha value is -6.76. The molecular formula is C55H38. The van der Waals surface area contributed by atoms with E-state index in [1.54, 1.807) is 0 Å². The number of hydrogen-bond donors (Lipinski definition) is 0. The lowest BCUT2D eigenvalue weighted by molar-refractivity contribution is 0.660. The van der Waals surface area contributed by atoms with Gasteiger partial charge in [0.2, 0.25) is 0 Å². The zero-order valence-corrected chi connectivity index (χ0v) is 31.0. The summed E-state index contributed by atoms with van der Waals surface area (Å²) in [6.45, 7) is 4.76. The molecular weight excluding hydrogens is 661 g/mol. The predicted octanol–water partition coefficient (Wildman–Crippen LogP) is 15.3. The Morgan fingerprint density at radius 2 is 0.764 bits per heavy atom. The SMILES string of the molecule is CC1(C)c2ccccc2-c2ccc(-c3c4ccccc4c(-c4ccccc4-c4cccc5ccccc45)c4ccc(-c5cccc6ccccc56)cc34)cc21. The Bertz CT molecular complexity index is 3170. The van der Waals surface area contributed by atoms with Crippen molar-refractivity contribution in [2.75, 3.05) is 0 Å². The van der Waals surface area contributed by atoms with Gasteiger partial charge in [0.25, 0.3) is 0 Å². The topological polar surface area (TPSA) is 0 Å². The first-order valence-electron chi connectivity index (χ1n) is 19.4. The lowest BCUT2D eigenvalue weighted by Crippen LogP contribution is -2.14. The van der Waals surface area contributed by atoms with Crippen LogP contribution in [0.1, 0.15) is 25.0 Å². The van der Waals surface area contributed by atoms with Crippen LogP contribution in [0.5, 0.6) is 0 Å². The summed E-state index contributed by atoms with van der Waals surface area (Å²) >= 11 is 0. The van der Waals surface area contributed by atoms with Gasteiger partial charge in [0, 0.05) is 5.41 Å². The van der Waals surface area contributed by atoms with Crippen LogP contribution >= 0.6 is 0 Å². The van der Waals surface area contributed by atoms with Crippen molar-refractivity contribution in [1.29, 1.82) is 0 Å². The van der Waals surface area contributed by atoms with Crippen molar-refractivity contribution >= 4 is 43.1 Å².